The Bertz CT molecular complexity index is 889. The van der Waals surface area contributed by atoms with Gasteiger partial charge in [0.05, 0.1) is 6.54 Å². The predicted molar refractivity (Wildman–Crippen MR) is 125 cm³/mol. The zero-order valence-corrected chi connectivity index (χ0v) is 19.0. The third-order valence-corrected chi connectivity index (χ3v) is 5.50. The molecule has 0 spiro atoms. The van der Waals surface area contributed by atoms with Crippen LogP contribution >= 0.6 is 0 Å². The van der Waals surface area contributed by atoms with E-state index in [-0.39, 0.29) is 31.9 Å². The minimum Gasteiger partial charge on any atom is -0.480 e. The Kier molecular flexibility index (Phi) is 10.3. The summed E-state index contributed by atoms with van der Waals surface area (Å²) in [5.74, 6) is -2.72. The van der Waals surface area contributed by atoms with Crippen LogP contribution in [0, 0.1) is 0 Å². The Labute approximate surface area is 197 Å². The number of carboxylic acid groups (broad SMARTS) is 1. The maximum atomic E-state index is 13.2. The van der Waals surface area contributed by atoms with Crippen molar-refractivity contribution in [2.75, 3.05) is 19.6 Å². The van der Waals surface area contributed by atoms with Gasteiger partial charge in [-0.05, 0) is 31.2 Å². The molecule has 1 aromatic rings. The second kappa shape index (κ2) is 13.1. The van der Waals surface area contributed by atoms with Crippen LogP contribution in [-0.4, -0.2) is 77.4 Å². The number of rotatable bonds is 12. The van der Waals surface area contributed by atoms with Gasteiger partial charge in [-0.15, -0.1) is 0 Å². The Balaban J connectivity index is 2.08. The Hall–Kier alpha value is -3.67. The molecule has 1 aromatic carbocycles. The number of nitrogens with one attached hydrogen (secondary N) is 2. The summed E-state index contributed by atoms with van der Waals surface area (Å²) >= 11 is 0. The van der Waals surface area contributed by atoms with Crippen LogP contribution in [0.1, 0.15) is 31.2 Å². The fraction of sp³-hybridized carbons (Fsp3) is 0.500. The standard InChI is InChI=1S/C22H33N7O5/c23-13-18(30)27-15(8-4-10-26-22(24)25)20(32)29-11-5-9-17(29)19(31)28-16(21(33)34)12-14-6-2-1-3-7-14/h1-3,6-7,15-17H,4-5,8-13,23H2,(H,27,30)(H,28,31)(H,33,34)(H4,24,25,26). The molecule has 12 nitrogen and oxygen atoms in total. The van der Waals surface area contributed by atoms with Gasteiger partial charge in [-0.3, -0.25) is 19.4 Å². The monoisotopic (exact) mass is 475 g/mol. The van der Waals surface area contributed by atoms with Gasteiger partial charge >= 0.3 is 5.97 Å². The zero-order valence-electron chi connectivity index (χ0n) is 19.0. The van der Waals surface area contributed by atoms with Gasteiger partial charge in [0.25, 0.3) is 0 Å². The molecular formula is C22H33N7O5. The number of hydrogen-bond donors (Lipinski definition) is 6. The smallest absolute Gasteiger partial charge is 0.326 e. The molecule has 3 amide bonds. The lowest BCUT2D eigenvalue weighted by Gasteiger charge is -2.29. The molecule has 0 bridgehead atoms. The van der Waals surface area contributed by atoms with Gasteiger partial charge in [-0.2, -0.15) is 0 Å². The molecule has 2 rings (SSSR count). The Morgan fingerprint density at radius 3 is 2.44 bits per heavy atom. The molecule has 0 aromatic heterocycles. The molecule has 1 aliphatic heterocycles. The minimum atomic E-state index is -1.17. The lowest BCUT2D eigenvalue weighted by molar-refractivity contribution is -0.144. The summed E-state index contributed by atoms with van der Waals surface area (Å²) in [5.41, 5.74) is 16.8. The van der Waals surface area contributed by atoms with Crippen LogP contribution in [0.5, 0.6) is 0 Å². The number of carboxylic acids is 1. The molecule has 186 valence electrons. The first-order valence-corrected chi connectivity index (χ1v) is 11.1. The number of carbonyl (C=O) groups is 4. The van der Waals surface area contributed by atoms with Gasteiger partial charge < -0.3 is 37.8 Å². The van der Waals surface area contributed by atoms with Gasteiger partial charge in [0, 0.05) is 19.5 Å². The average molecular weight is 476 g/mol. The normalized spacial score (nSPS) is 16.9. The van der Waals surface area contributed by atoms with Gasteiger partial charge in [0.2, 0.25) is 17.7 Å². The number of hydrogen-bond acceptors (Lipinski definition) is 6. The second-order valence-electron chi connectivity index (χ2n) is 8.05. The summed E-state index contributed by atoms with van der Waals surface area (Å²) in [6.07, 6.45) is 1.75. The van der Waals surface area contributed by atoms with Crippen molar-refractivity contribution in [3.8, 4) is 0 Å². The quantitative estimate of drug-likeness (QED) is 0.116. The van der Waals surface area contributed by atoms with Crippen molar-refractivity contribution in [2.45, 2.75) is 50.2 Å². The number of likely N-dealkylation sites (tertiary alicyclic amines) is 1. The van der Waals surface area contributed by atoms with E-state index in [1.54, 1.807) is 24.3 Å². The van der Waals surface area contributed by atoms with E-state index in [9.17, 15) is 24.3 Å². The van der Waals surface area contributed by atoms with E-state index in [4.69, 9.17) is 17.2 Å². The number of aliphatic carboxylic acids is 1. The maximum absolute atomic E-state index is 13.2. The number of nitrogens with two attached hydrogens (primary N) is 3. The Morgan fingerprint density at radius 2 is 1.82 bits per heavy atom. The highest BCUT2D eigenvalue weighted by molar-refractivity contribution is 5.94. The van der Waals surface area contributed by atoms with E-state index in [1.165, 1.54) is 4.90 Å². The fourth-order valence-corrected chi connectivity index (χ4v) is 3.84. The number of guanidine groups is 1. The predicted octanol–water partition coefficient (Wildman–Crippen LogP) is -1.71. The van der Waals surface area contributed by atoms with E-state index >= 15 is 0 Å². The van der Waals surface area contributed by atoms with Crippen molar-refractivity contribution in [1.29, 1.82) is 0 Å². The third kappa shape index (κ3) is 8.03. The van der Waals surface area contributed by atoms with Crippen LogP contribution in [0.25, 0.3) is 0 Å². The average Bonchev–Trinajstić information content (AvgIpc) is 3.30. The van der Waals surface area contributed by atoms with Crippen LogP contribution in [0.2, 0.25) is 0 Å². The van der Waals surface area contributed by atoms with Crippen molar-refractivity contribution >= 4 is 29.7 Å². The van der Waals surface area contributed by atoms with Crippen LogP contribution < -0.4 is 27.8 Å². The highest BCUT2D eigenvalue weighted by Crippen LogP contribution is 2.20. The number of benzene rings is 1. The van der Waals surface area contributed by atoms with Gasteiger partial charge in [-0.25, -0.2) is 4.79 Å². The van der Waals surface area contributed by atoms with E-state index < -0.39 is 41.8 Å². The molecular weight excluding hydrogens is 442 g/mol. The maximum Gasteiger partial charge on any atom is 0.326 e. The largest absolute Gasteiger partial charge is 0.480 e. The summed E-state index contributed by atoms with van der Waals surface area (Å²) in [7, 11) is 0. The summed E-state index contributed by atoms with van der Waals surface area (Å²) < 4.78 is 0. The zero-order chi connectivity index (χ0) is 25.1. The first-order valence-electron chi connectivity index (χ1n) is 11.1. The first-order chi connectivity index (χ1) is 16.2. The molecule has 34 heavy (non-hydrogen) atoms. The molecule has 3 unspecified atom stereocenters. The molecule has 0 saturated carbocycles. The second-order valence-corrected chi connectivity index (χ2v) is 8.05. The van der Waals surface area contributed by atoms with Crippen molar-refractivity contribution in [3.63, 3.8) is 0 Å². The van der Waals surface area contributed by atoms with Crippen LogP contribution in [-0.2, 0) is 25.6 Å². The van der Waals surface area contributed by atoms with Crippen LogP contribution in [0.3, 0.4) is 0 Å². The molecule has 0 radical (unpaired) electrons. The first kappa shape index (κ1) is 26.6. The molecule has 1 saturated heterocycles. The number of aliphatic imine (C=N–C) groups is 1. The third-order valence-electron chi connectivity index (χ3n) is 5.50. The molecule has 12 heteroatoms. The highest BCUT2D eigenvalue weighted by Gasteiger charge is 2.38. The fourth-order valence-electron chi connectivity index (χ4n) is 3.84. The van der Waals surface area contributed by atoms with E-state index in [1.807, 2.05) is 6.07 Å². The van der Waals surface area contributed by atoms with Crippen molar-refractivity contribution in [1.82, 2.24) is 15.5 Å². The minimum absolute atomic E-state index is 0.0753. The molecule has 9 N–H and O–H groups in total. The van der Waals surface area contributed by atoms with Crippen LogP contribution in [0.15, 0.2) is 35.3 Å². The lowest BCUT2D eigenvalue weighted by Crippen LogP contribution is -2.56. The summed E-state index contributed by atoms with van der Waals surface area (Å²) in [4.78, 5) is 55.1. The highest BCUT2D eigenvalue weighted by atomic mass is 16.4. The lowest BCUT2D eigenvalue weighted by atomic mass is 10.0. The molecule has 1 heterocycles. The summed E-state index contributed by atoms with van der Waals surface area (Å²) in [6, 6.07) is 6.07. The molecule has 0 aliphatic carbocycles. The van der Waals surface area contributed by atoms with Crippen molar-refractivity contribution < 1.29 is 24.3 Å². The molecule has 1 aliphatic rings. The summed E-state index contributed by atoms with van der Waals surface area (Å²) in [5, 5.41) is 14.7. The van der Waals surface area contributed by atoms with Gasteiger partial charge in [-0.1, -0.05) is 30.3 Å². The number of nitrogens with zero attached hydrogens (tertiary/aromatic N) is 2. The molecule has 1 fully saturated rings. The van der Waals surface area contributed by atoms with Crippen LogP contribution in [0.4, 0.5) is 0 Å². The SMILES string of the molecule is NCC(=O)NC(CCCN=C(N)N)C(=O)N1CCCC1C(=O)NC(Cc1ccccc1)C(=O)O. The van der Waals surface area contributed by atoms with Crippen molar-refractivity contribution in [3.05, 3.63) is 35.9 Å². The topological polar surface area (TPSA) is 206 Å². The number of carbonyl (C=O) groups excluding carboxylic acids is 3. The van der Waals surface area contributed by atoms with E-state index in [0.717, 1.165) is 5.56 Å². The van der Waals surface area contributed by atoms with Gasteiger partial charge in [0.15, 0.2) is 5.96 Å². The Morgan fingerprint density at radius 1 is 1.12 bits per heavy atom. The van der Waals surface area contributed by atoms with Gasteiger partial charge in [0.1, 0.15) is 18.1 Å². The number of amides is 3. The van der Waals surface area contributed by atoms with Crippen molar-refractivity contribution in [2.24, 2.45) is 22.2 Å². The van der Waals surface area contributed by atoms with E-state index in [2.05, 4.69) is 15.6 Å². The summed E-state index contributed by atoms with van der Waals surface area (Å²) in [6.45, 7) is 0.298. The van der Waals surface area contributed by atoms with E-state index in [0.29, 0.717) is 25.8 Å². The molecule has 3 atom stereocenters.